The van der Waals surface area contributed by atoms with E-state index < -0.39 is 0 Å². The van der Waals surface area contributed by atoms with E-state index in [1.807, 2.05) is 36.4 Å². The van der Waals surface area contributed by atoms with Gasteiger partial charge in [0.1, 0.15) is 0 Å². The van der Waals surface area contributed by atoms with E-state index in [9.17, 15) is 9.18 Å². The van der Waals surface area contributed by atoms with Gasteiger partial charge in [0.05, 0.1) is 7.11 Å². The minimum Gasteiger partial charge on any atom is -0.494 e. The van der Waals surface area contributed by atoms with Crippen LogP contribution >= 0.6 is 0 Å². The summed E-state index contributed by atoms with van der Waals surface area (Å²) < 4.78 is 18.7. The lowest BCUT2D eigenvalue weighted by Gasteiger charge is -2.32. The fourth-order valence-corrected chi connectivity index (χ4v) is 3.18. The Hall–Kier alpha value is -2.60. The fraction of sp³-hybridized carbons (Fsp3) is 0.350. The van der Waals surface area contributed by atoms with Crippen LogP contribution in [0.3, 0.4) is 0 Å². The van der Waals surface area contributed by atoms with Crippen LogP contribution in [0.15, 0.2) is 48.5 Å². The van der Waals surface area contributed by atoms with E-state index >= 15 is 0 Å². The summed E-state index contributed by atoms with van der Waals surface area (Å²) in [5.41, 5.74) is 1.71. The second kappa shape index (κ2) is 8.67. The number of urea groups is 1. The zero-order valence-corrected chi connectivity index (χ0v) is 14.9. The Kier molecular flexibility index (Phi) is 6.07. The molecule has 0 atom stereocenters. The Labute approximate surface area is 153 Å². The lowest BCUT2D eigenvalue weighted by Crippen LogP contribution is -2.45. The molecule has 3 rings (SSSR count). The van der Waals surface area contributed by atoms with Gasteiger partial charge in [-0.05, 0) is 42.7 Å². The molecule has 6 heteroatoms. The van der Waals surface area contributed by atoms with Crippen LogP contribution in [-0.2, 0) is 6.54 Å². The minimum atomic E-state index is -0.334. The molecule has 2 aromatic rings. The molecule has 0 saturated carbocycles. The predicted octanol–water partition coefficient (Wildman–Crippen LogP) is 3.62. The molecule has 1 heterocycles. The molecule has 0 radical (unpaired) electrons. The van der Waals surface area contributed by atoms with Crippen molar-refractivity contribution in [2.75, 3.05) is 25.5 Å². The Balaban J connectivity index is 1.44. The van der Waals surface area contributed by atoms with Gasteiger partial charge >= 0.3 is 6.03 Å². The van der Waals surface area contributed by atoms with Crippen molar-refractivity contribution in [1.82, 2.24) is 10.2 Å². The third kappa shape index (κ3) is 4.95. The number of anilines is 1. The molecule has 2 aromatic carbocycles. The molecule has 0 bridgehead atoms. The quantitative estimate of drug-likeness (QED) is 0.859. The largest absolute Gasteiger partial charge is 0.494 e. The number of hydrogen-bond acceptors (Lipinski definition) is 3. The number of nitrogens with one attached hydrogen (secondary N) is 2. The fourth-order valence-electron chi connectivity index (χ4n) is 3.18. The van der Waals surface area contributed by atoms with E-state index in [-0.39, 0.29) is 23.6 Å². The van der Waals surface area contributed by atoms with Gasteiger partial charge in [0, 0.05) is 31.4 Å². The number of hydrogen-bond donors (Lipinski definition) is 2. The third-order valence-corrected chi connectivity index (χ3v) is 4.58. The topological polar surface area (TPSA) is 53.6 Å². The number of para-hydroxylation sites is 1. The number of halogens is 1. The molecular weight excluding hydrogens is 333 g/mol. The van der Waals surface area contributed by atoms with Gasteiger partial charge < -0.3 is 15.4 Å². The molecular formula is C20H24FN3O2. The Morgan fingerprint density at radius 2 is 1.92 bits per heavy atom. The number of amides is 2. The van der Waals surface area contributed by atoms with E-state index in [1.165, 1.54) is 13.2 Å². The molecule has 138 valence electrons. The summed E-state index contributed by atoms with van der Waals surface area (Å²) in [6.07, 6.45) is 1.75. The van der Waals surface area contributed by atoms with Crippen LogP contribution < -0.4 is 15.4 Å². The number of carbonyl (C=O) groups is 1. The first-order valence-electron chi connectivity index (χ1n) is 8.81. The Morgan fingerprint density at radius 3 is 2.58 bits per heavy atom. The van der Waals surface area contributed by atoms with Crippen LogP contribution in [0.2, 0.25) is 0 Å². The predicted molar refractivity (Wildman–Crippen MR) is 99.8 cm³/mol. The zero-order chi connectivity index (χ0) is 18.4. The van der Waals surface area contributed by atoms with Crippen LogP contribution in [-0.4, -0.2) is 37.2 Å². The standard InChI is InChI=1S/C20H24FN3O2/c1-26-19-8-7-15(13-18(19)21)14-24-11-9-17(10-12-24)23-20(25)22-16-5-3-2-4-6-16/h2-8,13,17H,9-12,14H2,1H3,(H2,22,23,25). The van der Waals surface area contributed by atoms with Gasteiger partial charge in [-0.15, -0.1) is 0 Å². The summed E-state index contributed by atoms with van der Waals surface area (Å²) in [5, 5.41) is 5.86. The SMILES string of the molecule is COc1ccc(CN2CCC(NC(=O)Nc3ccccc3)CC2)cc1F. The number of likely N-dealkylation sites (tertiary alicyclic amines) is 1. The number of piperidine rings is 1. The van der Waals surface area contributed by atoms with E-state index in [0.29, 0.717) is 6.54 Å². The normalized spacial score (nSPS) is 15.5. The Morgan fingerprint density at radius 1 is 1.19 bits per heavy atom. The summed E-state index contributed by atoms with van der Waals surface area (Å²) in [7, 11) is 1.46. The van der Waals surface area contributed by atoms with Crippen LogP contribution in [0.25, 0.3) is 0 Å². The van der Waals surface area contributed by atoms with Crippen molar-refractivity contribution in [2.24, 2.45) is 0 Å². The maximum absolute atomic E-state index is 13.8. The number of carbonyl (C=O) groups excluding carboxylic acids is 1. The lowest BCUT2D eigenvalue weighted by molar-refractivity contribution is 0.189. The van der Waals surface area contributed by atoms with Crippen LogP contribution in [0.4, 0.5) is 14.9 Å². The van der Waals surface area contributed by atoms with Gasteiger partial charge in [-0.1, -0.05) is 24.3 Å². The van der Waals surface area contributed by atoms with Crippen LogP contribution in [0.5, 0.6) is 5.75 Å². The number of methoxy groups -OCH3 is 1. The van der Waals surface area contributed by atoms with Gasteiger partial charge in [0.25, 0.3) is 0 Å². The Bertz CT molecular complexity index is 731. The second-order valence-electron chi connectivity index (χ2n) is 6.48. The molecule has 26 heavy (non-hydrogen) atoms. The molecule has 0 aliphatic carbocycles. The van der Waals surface area contributed by atoms with E-state index in [4.69, 9.17) is 4.74 Å². The number of ether oxygens (including phenoxy) is 1. The maximum atomic E-state index is 13.8. The van der Waals surface area contributed by atoms with E-state index in [1.54, 1.807) is 6.07 Å². The molecule has 0 aromatic heterocycles. The summed E-state index contributed by atoms with van der Waals surface area (Å²) in [6, 6.07) is 14.4. The smallest absolute Gasteiger partial charge is 0.319 e. The third-order valence-electron chi connectivity index (χ3n) is 4.58. The summed E-state index contributed by atoms with van der Waals surface area (Å²) in [4.78, 5) is 14.3. The van der Waals surface area contributed by atoms with Gasteiger partial charge in [-0.3, -0.25) is 4.90 Å². The van der Waals surface area contributed by atoms with Crippen molar-refractivity contribution in [2.45, 2.75) is 25.4 Å². The molecule has 1 saturated heterocycles. The molecule has 1 aliphatic rings. The average Bonchev–Trinajstić information content (AvgIpc) is 2.64. The molecule has 0 spiro atoms. The van der Waals surface area contributed by atoms with E-state index in [0.717, 1.165) is 37.2 Å². The maximum Gasteiger partial charge on any atom is 0.319 e. The average molecular weight is 357 g/mol. The summed E-state index contributed by atoms with van der Waals surface area (Å²) in [5.74, 6) is -0.0692. The second-order valence-corrected chi connectivity index (χ2v) is 6.48. The van der Waals surface area contributed by atoms with Gasteiger partial charge in [0.15, 0.2) is 11.6 Å². The van der Waals surface area contributed by atoms with Gasteiger partial charge in [-0.2, -0.15) is 0 Å². The highest BCUT2D eigenvalue weighted by molar-refractivity contribution is 5.89. The summed E-state index contributed by atoms with van der Waals surface area (Å²) in [6.45, 7) is 2.43. The van der Waals surface area contributed by atoms with Crippen molar-refractivity contribution >= 4 is 11.7 Å². The lowest BCUT2D eigenvalue weighted by atomic mass is 10.0. The first kappa shape index (κ1) is 18.2. The van der Waals surface area contributed by atoms with Gasteiger partial charge in [-0.25, -0.2) is 9.18 Å². The molecule has 2 N–H and O–H groups in total. The zero-order valence-electron chi connectivity index (χ0n) is 14.9. The van der Waals surface area contributed by atoms with Crippen molar-refractivity contribution in [3.63, 3.8) is 0 Å². The van der Waals surface area contributed by atoms with Crippen molar-refractivity contribution in [3.05, 3.63) is 59.9 Å². The first-order chi connectivity index (χ1) is 12.6. The monoisotopic (exact) mass is 357 g/mol. The first-order valence-corrected chi connectivity index (χ1v) is 8.81. The summed E-state index contributed by atoms with van der Waals surface area (Å²) >= 11 is 0. The van der Waals surface area contributed by atoms with Crippen LogP contribution in [0, 0.1) is 5.82 Å². The molecule has 0 unspecified atom stereocenters. The molecule has 5 nitrogen and oxygen atoms in total. The van der Waals surface area contributed by atoms with Crippen molar-refractivity contribution in [1.29, 1.82) is 0 Å². The van der Waals surface area contributed by atoms with Crippen molar-refractivity contribution < 1.29 is 13.9 Å². The minimum absolute atomic E-state index is 0.155. The number of benzene rings is 2. The van der Waals surface area contributed by atoms with Crippen molar-refractivity contribution in [3.8, 4) is 5.75 Å². The highest BCUT2D eigenvalue weighted by Crippen LogP contribution is 2.20. The molecule has 2 amide bonds. The molecule has 1 aliphatic heterocycles. The van der Waals surface area contributed by atoms with Gasteiger partial charge in [0.2, 0.25) is 0 Å². The number of nitrogens with zero attached hydrogens (tertiary/aromatic N) is 1. The number of rotatable bonds is 5. The highest BCUT2D eigenvalue weighted by atomic mass is 19.1. The van der Waals surface area contributed by atoms with Crippen LogP contribution in [0.1, 0.15) is 18.4 Å². The van der Waals surface area contributed by atoms with E-state index in [2.05, 4.69) is 15.5 Å². The highest BCUT2D eigenvalue weighted by Gasteiger charge is 2.21. The molecule has 1 fully saturated rings.